The van der Waals surface area contributed by atoms with Gasteiger partial charge in [-0.1, -0.05) is 11.6 Å². The SMILES string of the molecule is O=C(Nc1cc(-c2cnc3ncnn3c2)cc2c1[C@@H](c1cc(F)ccc1Cl)NC2=O)c1cc(F)cc(C(F)(F)F)c1. The number of alkyl halides is 3. The van der Waals surface area contributed by atoms with Crippen molar-refractivity contribution in [2.24, 2.45) is 0 Å². The fourth-order valence-electron chi connectivity index (χ4n) is 4.62. The maximum Gasteiger partial charge on any atom is 0.416 e. The summed E-state index contributed by atoms with van der Waals surface area (Å²) in [5.41, 5.74) is -0.707. The average molecular weight is 585 g/mol. The summed E-state index contributed by atoms with van der Waals surface area (Å²) in [6.45, 7) is 0. The number of hydrogen-bond acceptors (Lipinski definition) is 5. The van der Waals surface area contributed by atoms with Gasteiger partial charge in [0.1, 0.15) is 18.0 Å². The summed E-state index contributed by atoms with van der Waals surface area (Å²) in [5, 5.41) is 9.35. The number of aromatic nitrogens is 4. The van der Waals surface area contributed by atoms with E-state index in [1.807, 2.05) is 0 Å². The number of fused-ring (bicyclic) bond motifs is 2. The first-order valence-corrected chi connectivity index (χ1v) is 12.1. The lowest BCUT2D eigenvalue weighted by Gasteiger charge is -2.19. The van der Waals surface area contributed by atoms with Gasteiger partial charge in [-0.15, -0.1) is 0 Å². The molecule has 0 unspecified atom stereocenters. The standard InChI is InChI=1S/C27H14ClF5N6O2/c28-20-2-1-16(29)8-18(20)23-22-19(25(41)38-23)5-12(14-9-34-26-35-11-36-39(26)10-14)6-21(22)37-24(40)13-3-15(27(31,32)33)7-17(30)4-13/h1-11,23H,(H,37,40)(H,38,41)/t23-/m1/s1. The van der Waals surface area contributed by atoms with Crippen molar-refractivity contribution in [3.8, 4) is 11.1 Å². The van der Waals surface area contributed by atoms with Crippen molar-refractivity contribution >= 4 is 34.9 Å². The zero-order chi connectivity index (χ0) is 29.1. The monoisotopic (exact) mass is 584 g/mol. The molecule has 14 heteroatoms. The van der Waals surface area contributed by atoms with Gasteiger partial charge in [-0.3, -0.25) is 9.59 Å². The van der Waals surface area contributed by atoms with E-state index in [-0.39, 0.29) is 33.5 Å². The molecule has 1 aliphatic rings. The number of rotatable bonds is 4. The summed E-state index contributed by atoms with van der Waals surface area (Å²) < 4.78 is 69.5. The lowest BCUT2D eigenvalue weighted by Crippen LogP contribution is -2.21. The predicted molar refractivity (Wildman–Crippen MR) is 136 cm³/mol. The molecule has 2 N–H and O–H groups in total. The van der Waals surface area contributed by atoms with Gasteiger partial charge < -0.3 is 10.6 Å². The Morgan fingerprint density at radius 1 is 1.00 bits per heavy atom. The Hall–Kier alpha value is -4.91. The third-order valence-corrected chi connectivity index (χ3v) is 6.81. The number of halogens is 6. The number of hydrogen-bond donors (Lipinski definition) is 2. The highest BCUT2D eigenvalue weighted by Gasteiger charge is 2.36. The fourth-order valence-corrected chi connectivity index (χ4v) is 4.85. The van der Waals surface area contributed by atoms with Crippen molar-refractivity contribution < 1.29 is 31.5 Å². The second-order valence-electron chi connectivity index (χ2n) is 9.09. The van der Waals surface area contributed by atoms with Crippen molar-refractivity contribution in [3.05, 3.63) is 112 Å². The van der Waals surface area contributed by atoms with Gasteiger partial charge in [-0.25, -0.2) is 18.3 Å². The molecule has 5 aromatic rings. The van der Waals surface area contributed by atoms with Gasteiger partial charge in [0.2, 0.25) is 0 Å². The highest BCUT2D eigenvalue weighted by Crippen LogP contribution is 2.42. The average Bonchev–Trinajstić information content (AvgIpc) is 3.53. The van der Waals surface area contributed by atoms with E-state index in [0.29, 0.717) is 29.0 Å². The van der Waals surface area contributed by atoms with E-state index >= 15 is 0 Å². The Balaban J connectivity index is 1.51. The summed E-state index contributed by atoms with van der Waals surface area (Å²) in [7, 11) is 0. The molecule has 8 nitrogen and oxygen atoms in total. The smallest absolute Gasteiger partial charge is 0.341 e. The minimum atomic E-state index is -4.90. The zero-order valence-electron chi connectivity index (χ0n) is 20.3. The van der Waals surface area contributed by atoms with E-state index in [1.165, 1.54) is 35.2 Å². The number of benzene rings is 3. The molecule has 206 valence electrons. The highest BCUT2D eigenvalue weighted by molar-refractivity contribution is 6.31. The van der Waals surface area contributed by atoms with E-state index in [1.54, 1.807) is 6.20 Å². The predicted octanol–water partition coefficient (Wildman–Crippen LogP) is 5.83. The van der Waals surface area contributed by atoms with Gasteiger partial charge in [-0.2, -0.15) is 23.3 Å². The molecular weight excluding hydrogens is 571 g/mol. The Morgan fingerprint density at radius 2 is 1.80 bits per heavy atom. The molecule has 0 fully saturated rings. The third-order valence-electron chi connectivity index (χ3n) is 6.46. The van der Waals surface area contributed by atoms with E-state index in [9.17, 15) is 31.5 Å². The van der Waals surface area contributed by atoms with Crippen LogP contribution >= 0.6 is 11.6 Å². The van der Waals surface area contributed by atoms with Crippen molar-refractivity contribution in [1.82, 2.24) is 24.9 Å². The minimum Gasteiger partial charge on any atom is -0.341 e. The molecular formula is C27H14ClF5N6O2. The maximum atomic E-state index is 14.2. The molecule has 0 aliphatic carbocycles. The molecule has 0 saturated heterocycles. The van der Waals surface area contributed by atoms with Crippen molar-refractivity contribution in [2.45, 2.75) is 12.2 Å². The largest absolute Gasteiger partial charge is 0.416 e. The molecule has 0 saturated carbocycles. The van der Waals surface area contributed by atoms with E-state index in [2.05, 4.69) is 25.7 Å². The van der Waals surface area contributed by atoms with Gasteiger partial charge in [0.25, 0.3) is 17.6 Å². The molecule has 41 heavy (non-hydrogen) atoms. The fraction of sp³-hybridized carbons (Fsp3) is 0.0741. The number of anilines is 1. The Morgan fingerprint density at radius 3 is 2.59 bits per heavy atom. The van der Waals surface area contributed by atoms with E-state index in [0.717, 1.165) is 12.1 Å². The highest BCUT2D eigenvalue weighted by atomic mass is 35.5. The second-order valence-corrected chi connectivity index (χ2v) is 9.49. The molecule has 3 aromatic carbocycles. The lowest BCUT2D eigenvalue weighted by atomic mass is 9.93. The summed E-state index contributed by atoms with van der Waals surface area (Å²) >= 11 is 6.32. The normalized spacial score (nSPS) is 14.7. The van der Waals surface area contributed by atoms with Crippen LogP contribution in [-0.4, -0.2) is 31.4 Å². The zero-order valence-corrected chi connectivity index (χ0v) is 21.1. The van der Waals surface area contributed by atoms with Crippen LogP contribution in [0.25, 0.3) is 16.9 Å². The summed E-state index contributed by atoms with van der Waals surface area (Å²) in [5.74, 6) is -3.27. The first-order chi connectivity index (χ1) is 19.5. The number of nitrogens with zero attached hydrogens (tertiary/aromatic N) is 4. The summed E-state index contributed by atoms with van der Waals surface area (Å²) in [6.07, 6.45) is -0.595. The first kappa shape index (κ1) is 26.3. The van der Waals surface area contributed by atoms with Crippen LogP contribution in [0.5, 0.6) is 0 Å². The van der Waals surface area contributed by atoms with Crippen LogP contribution in [0.1, 0.15) is 43.4 Å². The van der Waals surface area contributed by atoms with Gasteiger partial charge >= 0.3 is 6.18 Å². The number of nitrogens with one attached hydrogen (secondary N) is 2. The van der Waals surface area contributed by atoms with E-state index in [4.69, 9.17) is 11.6 Å². The van der Waals surface area contributed by atoms with Crippen molar-refractivity contribution in [3.63, 3.8) is 0 Å². The number of amides is 2. The minimum absolute atomic E-state index is 0.0114. The van der Waals surface area contributed by atoms with Crippen LogP contribution in [0.4, 0.5) is 27.6 Å². The van der Waals surface area contributed by atoms with Crippen LogP contribution < -0.4 is 10.6 Å². The molecule has 2 aromatic heterocycles. The van der Waals surface area contributed by atoms with Crippen molar-refractivity contribution in [2.75, 3.05) is 5.32 Å². The molecule has 3 heterocycles. The lowest BCUT2D eigenvalue weighted by molar-refractivity contribution is -0.137. The molecule has 1 atom stereocenters. The Kier molecular flexibility index (Phi) is 6.18. The van der Waals surface area contributed by atoms with Gasteiger partial charge in [0.15, 0.2) is 0 Å². The third kappa shape index (κ3) is 4.84. The molecule has 6 rings (SSSR count). The van der Waals surface area contributed by atoms with Crippen LogP contribution in [0.3, 0.4) is 0 Å². The van der Waals surface area contributed by atoms with Crippen molar-refractivity contribution in [1.29, 1.82) is 0 Å². The van der Waals surface area contributed by atoms with Gasteiger partial charge in [0.05, 0.1) is 11.6 Å². The number of carbonyl (C=O) groups is 2. The van der Waals surface area contributed by atoms with Gasteiger partial charge in [0, 0.05) is 50.9 Å². The molecule has 1 aliphatic heterocycles. The Labute approximate surface area is 231 Å². The van der Waals surface area contributed by atoms with Gasteiger partial charge in [-0.05, 0) is 54.1 Å². The Bertz CT molecular complexity index is 1890. The molecule has 0 radical (unpaired) electrons. The molecule has 0 spiro atoms. The van der Waals surface area contributed by atoms with Crippen LogP contribution in [0.15, 0.2) is 67.3 Å². The number of carbonyl (C=O) groups excluding carboxylic acids is 2. The first-order valence-electron chi connectivity index (χ1n) is 11.8. The van der Waals surface area contributed by atoms with E-state index < -0.39 is 46.8 Å². The van der Waals surface area contributed by atoms with Crippen LogP contribution in [0, 0.1) is 11.6 Å². The maximum absolute atomic E-state index is 14.2. The summed E-state index contributed by atoms with van der Waals surface area (Å²) in [6, 6.07) is 6.92. The molecule has 2 amide bonds. The van der Waals surface area contributed by atoms with Crippen LogP contribution in [0.2, 0.25) is 5.02 Å². The second kappa shape index (κ2) is 9.63. The quantitative estimate of drug-likeness (QED) is 0.259. The summed E-state index contributed by atoms with van der Waals surface area (Å²) in [4.78, 5) is 34.5. The van der Waals surface area contributed by atoms with Crippen LogP contribution in [-0.2, 0) is 6.18 Å². The topological polar surface area (TPSA) is 101 Å². The molecule has 0 bridgehead atoms.